The zero-order valence-corrected chi connectivity index (χ0v) is 14.0. The zero-order valence-electron chi connectivity index (χ0n) is 14.0. The molecule has 0 aliphatic carbocycles. The molecule has 23 heavy (non-hydrogen) atoms. The maximum absolute atomic E-state index is 12.6. The van der Waals surface area contributed by atoms with E-state index in [4.69, 9.17) is 10.5 Å². The standard InChI is InChI=1S/C17H24N4O2/c1-4-6-7-12(5-2)16(22)21-17(18)19-15(20-21)13-8-10-14(23-3)11-9-13/h8-12H,4-7H2,1-3H3,(H2,18,19,20). The van der Waals surface area contributed by atoms with Crippen molar-refractivity contribution < 1.29 is 9.53 Å². The molecule has 0 radical (unpaired) electrons. The monoisotopic (exact) mass is 316 g/mol. The minimum atomic E-state index is -0.0780. The summed E-state index contributed by atoms with van der Waals surface area (Å²) in [6.45, 7) is 4.12. The van der Waals surface area contributed by atoms with Crippen molar-refractivity contribution >= 4 is 11.9 Å². The Balaban J connectivity index is 2.23. The normalized spacial score (nSPS) is 12.1. The summed E-state index contributed by atoms with van der Waals surface area (Å²) in [6, 6.07) is 7.34. The molecule has 0 saturated heterocycles. The quantitative estimate of drug-likeness (QED) is 0.846. The van der Waals surface area contributed by atoms with Gasteiger partial charge in [-0.15, -0.1) is 5.10 Å². The summed E-state index contributed by atoms with van der Waals surface area (Å²) in [5, 5.41) is 4.30. The largest absolute Gasteiger partial charge is 0.497 e. The predicted molar refractivity (Wildman–Crippen MR) is 90.4 cm³/mol. The van der Waals surface area contributed by atoms with Crippen LogP contribution in [0.25, 0.3) is 11.4 Å². The third kappa shape index (κ3) is 3.88. The molecule has 1 aromatic heterocycles. The van der Waals surface area contributed by atoms with Crippen molar-refractivity contribution in [2.24, 2.45) is 5.92 Å². The Hall–Kier alpha value is -2.37. The Bertz CT molecular complexity index is 649. The summed E-state index contributed by atoms with van der Waals surface area (Å²) in [5.74, 6) is 1.19. The fourth-order valence-corrected chi connectivity index (χ4v) is 2.47. The second-order valence-electron chi connectivity index (χ2n) is 5.52. The molecule has 0 spiro atoms. The number of unbranched alkanes of at least 4 members (excludes halogenated alkanes) is 1. The second-order valence-corrected chi connectivity index (χ2v) is 5.52. The fourth-order valence-electron chi connectivity index (χ4n) is 2.47. The van der Waals surface area contributed by atoms with Gasteiger partial charge in [0.15, 0.2) is 5.82 Å². The molecule has 1 unspecified atom stereocenters. The molecular formula is C17H24N4O2. The van der Waals surface area contributed by atoms with E-state index in [-0.39, 0.29) is 17.8 Å². The van der Waals surface area contributed by atoms with E-state index < -0.39 is 0 Å². The van der Waals surface area contributed by atoms with E-state index in [1.165, 1.54) is 4.68 Å². The number of carbonyl (C=O) groups is 1. The Labute approximate surface area is 136 Å². The van der Waals surface area contributed by atoms with Crippen LogP contribution in [0, 0.1) is 5.92 Å². The number of anilines is 1. The number of nitrogens with two attached hydrogens (primary N) is 1. The van der Waals surface area contributed by atoms with Crippen molar-refractivity contribution in [1.29, 1.82) is 0 Å². The van der Waals surface area contributed by atoms with Gasteiger partial charge in [0.25, 0.3) is 5.91 Å². The van der Waals surface area contributed by atoms with Crippen molar-refractivity contribution in [3.63, 3.8) is 0 Å². The van der Waals surface area contributed by atoms with Gasteiger partial charge in [0.1, 0.15) is 5.75 Å². The van der Waals surface area contributed by atoms with Gasteiger partial charge in [-0.3, -0.25) is 4.79 Å². The number of methoxy groups -OCH3 is 1. The van der Waals surface area contributed by atoms with Crippen molar-refractivity contribution in [3.05, 3.63) is 24.3 Å². The minimum absolute atomic E-state index is 0.0670. The van der Waals surface area contributed by atoms with E-state index in [1.54, 1.807) is 7.11 Å². The lowest BCUT2D eigenvalue weighted by molar-refractivity contribution is 0.0807. The van der Waals surface area contributed by atoms with E-state index in [0.717, 1.165) is 37.0 Å². The SMILES string of the molecule is CCCCC(CC)C(=O)n1nc(-c2ccc(OC)cc2)nc1N. The topological polar surface area (TPSA) is 83.0 Å². The van der Waals surface area contributed by atoms with Gasteiger partial charge < -0.3 is 10.5 Å². The van der Waals surface area contributed by atoms with Gasteiger partial charge in [-0.2, -0.15) is 9.67 Å². The van der Waals surface area contributed by atoms with E-state index in [1.807, 2.05) is 31.2 Å². The number of carbonyl (C=O) groups excluding carboxylic acids is 1. The zero-order chi connectivity index (χ0) is 16.8. The summed E-state index contributed by atoms with van der Waals surface area (Å²) in [7, 11) is 1.61. The molecule has 2 aromatic rings. The number of benzene rings is 1. The molecule has 0 aliphatic heterocycles. The van der Waals surface area contributed by atoms with Crippen LogP contribution in [0.3, 0.4) is 0 Å². The molecule has 0 fully saturated rings. The average Bonchev–Trinajstić information content (AvgIpc) is 2.97. The molecule has 6 heteroatoms. The van der Waals surface area contributed by atoms with E-state index in [2.05, 4.69) is 17.0 Å². The molecule has 1 aromatic carbocycles. The number of ether oxygens (including phenoxy) is 1. The summed E-state index contributed by atoms with van der Waals surface area (Å²) in [5.41, 5.74) is 6.70. The van der Waals surface area contributed by atoms with Crippen molar-refractivity contribution in [2.75, 3.05) is 12.8 Å². The summed E-state index contributed by atoms with van der Waals surface area (Å²) < 4.78 is 6.37. The Kier molecular flexibility index (Phi) is 5.73. The van der Waals surface area contributed by atoms with Crippen LogP contribution in [0.2, 0.25) is 0 Å². The lowest BCUT2D eigenvalue weighted by Crippen LogP contribution is -2.24. The molecule has 0 bridgehead atoms. The third-order valence-electron chi connectivity index (χ3n) is 3.94. The molecule has 0 aliphatic rings. The lowest BCUT2D eigenvalue weighted by Gasteiger charge is -2.12. The van der Waals surface area contributed by atoms with Crippen LogP contribution in [-0.4, -0.2) is 27.8 Å². The maximum atomic E-state index is 12.6. The van der Waals surface area contributed by atoms with Crippen molar-refractivity contribution in [2.45, 2.75) is 39.5 Å². The molecule has 1 atom stereocenters. The summed E-state index contributed by atoms with van der Waals surface area (Å²) in [6.07, 6.45) is 3.71. The average molecular weight is 316 g/mol. The van der Waals surface area contributed by atoms with Crippen LogP contribution >= 0.6 is 0 Å². The highest BCUT2D eigenvalue weighted by Crippen LogP contribution is 2.22. The molecule has 2 rings (SSSR count). The van der Waals surface area contributed by atoms with Crippen LogP contribution in [0.4, 0.5) is 5.95 Å². The van der Waals surface area contributed by atoms with Gasteiger partial charge in [0.05, 0.1) is 7.11 Å². The Morgan fingerprint density at radius 3 is 2.57 bits per heavy atom. The highest BCUT2D eigenvalue weighted by Gasteiger charge is 2.22. The van der Waals surface area contributed by atoms with E-state index >= 15 is 0 Å². The van der Waals surface area contributed by atoms with Crippen LogP contribution in [0.15, 0.2) is 24.3 Å². The van der Waals surface area contributed by atoms with Crippen molar-refractivity contribution in [1.82, 2.24) is 14.8 Å². The lowest BCUT2D eigenvalue weighted by atomic mass is 9.99. The van der Waals surface area contributed by atoms with Crippen LogP contribution in [0.1, 0.15) is 44.3 Å². The maximum Gasteiger partial charge on any atom is 0.253 e. The molecule has 2 N–H and O–H groups in total. The number of hydrogen-bond acceptors (Lipinski definition) is 5. The molecule has 124 valence electrons. The number of nitrogen functional groups attached to an aromatic ring is 1. The van der Waals surface area contributed by atoms with Crippen LogP contribution in [-0.2, 0) is 0 Å². The number of nitrogens with zero attached hydrogens (tertiary/aromatic N) is 3. The third-order valence-corrected chi connectivity index (χ3v) is 3.94. The van der Waals surface area contributed by atoms with Crippen LogP contribution < -0.4 is 10.5 Å². The van der Waals surface area contributed by atoms with Gasteiger partial charge >= 0.3 is 0 Å². The highest BCUT2D eigenvalue weighted by molar-refractivity contribution is 5.83. The number of rotatable bonds is 7. The van der Waals surface area contributed by atoms with Gasteiger partial charge in [0, 0.05) is 11.5 Å². The van der Waals surface area contributed by atoms with E-state index in [0.29, 0.717) is 5.82 Å². The summed E-state index contributed by atoms with van der Waals surface area (Å²) in [4.78, 5) is 16.8. The molecule has 0 saturated carbocycles. The number of aromatic nitrogens is 3. The molecule has 0 amide bonds. The van der Waals surface area contributed by atoms with Crippen molar-refractivity contribution in [3.8, 4) is 17.1 Å². The first-order chi connectivity index (χ1) is 11.1. The molecule has 6 nitrogen and oxygen atoms in total. The molecular weight excluding hydrogens is 292 g/mol. The first-order valence-corrected chi connectivity index (χ1v) is 8.01. The van der Waals surface area contributed by atoms with E-state index in [9.17, 15) is 4.79 Å². The van der Waals surface area contributed by atoms with Gasteiger partial charge in [-0.1, -0.05) is 26.7 Å². The Morgan fingerprint density at radius 2 is 2.00 bits per heavy atom. The highest BCUT2D eigenvalue weighted by atomic mass is 16.5. The summed E-state index contributed by atoms with van der Waals surface area (Å²) >= 11 is 0. The fraction of sp³-hybridized carbons (Fsp3) is 0.471. The smallest absolute Gasteiger partial charge is 0.253 e. The molecule has 1 heterocycles. The van der Waals surface area contributed by atoms with Gasteiger partial charge in [-0.25, -0.2) is 0 Å². The van der Waals surface area contributed by atoms with Crippen LogP contribution in [0.5, 0.6) is 5.75 Å². The number of hydrogen-bond donors (Lipinski definition) is 1. The first kappa shape index (κ1) is 17.0. The first-order valence-electron chi connectivity index (χ1n) is 8.01. The Morgan fingerprint density at radius 1 is 1.30 bits per heavy atom. The second kappa shape index (κ2) is 7.76. The van der Waals surface area contributed by atoms with Gasteiger partial charge in [0.2, 0.25) is 5.95 Å². The predicted octanol–water partition coefficient (Wildman–Crippen LogP) is 3.39. The minimum Gasteiger partial charge on any atom is -0.497 e. The van der Waals surface area contributed by atoms with Gasteiger partial charge in [-0.05, 0) is 37.1 Å².